The minimum absolute atomic E-state index is 0.127. The molecule has 0 N–H and O–H groups in total. The molecule has 0 aliphatic carbocycles. The van der Waals surface area contributed by atoms with Gasteiger partial charge in [-0.25, -0.2) is 0 Å². The van der Waals surface area contributed by atoms with E-state index in [1.165, 1.54) is 0 Å². The van der Waals surface area contributed by atoms with Crippen LogP contribution in [-0.4, -0.2) is 25.6 Å². The maximum Gasteiger partial charge on any atom is 0.311 e. The average molecular weight is 349 g/mol. The van der Waals surface area contributed by atoms with E-state index in [0.717, 1.165) is 18.2 Å². The van der Waals surface area contributed by atoms with Crippen LogP contribution in [0.15, 0.2) is 42.5 Å². The van der Waals surface area contributed by atoms with Gasteiger partial charge in [-0.1, -0.05) is 25.1 Å². The molecule has 1 heterocycles. The molecule has 0 fully saturated rings. The molecule has 1 aromatic carbocycles. The van der Waals surface area contributed by atoms with Crippen LogP contribution >= 0.6 is 0 Å². The Kier molecular flexibility index (Phi) is 6.05. The van der Waals surface area contributed by atoms with Crippen molar-refractivity contribution in [1.29, 1.82) is 0 Å². The van der Waals surface area contributed by atoms with Crippen LogP contribution in [0.4, 0.5) is 0 Å². The van der Waals surface area contributed by atoms with E-state index in [1.54, 1.807) is 36.4 Å². The van der Waals surface area contributed by atoms with E-state index >= 15 is 0 Å². The number of hydrogen-bond donors (Lipinski definition) is 0. The molecule has 0 aliphatic rings. The van der Waals surface area contributed by atoms with Gasteiger partial charge in [0.2, 0.25) is 0 Å². The Morgan fingerprint density at radius 2 is 1.92 bits per heavy atom. The van der Waals surface area contributed by atoms with Crippen LogP contribution in [0.5, 0.6) is 5.75 Å². The lowest BCUT2D eigenvalue weighted by molar-refractivity contribution is -0.134. The van der Waals surface area contributed by atoms with Gasteiger partial charge in [-0.15, -0.1) is 0 Å². The fraction of sp³-hybridized carbons (Fsp3) is 0.294. The van der Waals surface area contributed by atoms with E-state index < -0.39 is 10.1 Å². The van der Waals surface area contributed by atoms with Gasteiger partial charge in [0.25, 0.3) is 10.1 Å². The first-order valence-corrected chi connectivity index (χ1v) is 9.30. The zero-order valence-corrected chi connectivity index (χ0v) is 14.4. The SMILES string of the molecule is CCCC(=O)Oc1cccc(-c2cccc(COS(C)(=O)=O)n2)c1. The second-order valence-corrected chi connectivity index (χ2v) is 6.88. The fourth-order valence-corrected chi connectivity index (χ4v) is 2.33. The summed E-state index contributed by atoms with van der Waals surface area (Å²) in [5.41, 5.74) is 1.89. The summed E-state index contributed by atoms with van der Waals surface area (Å²) in [5.74, 6) is 0.170. The first kappa shape index (κ1) is 18.1. The third-order valence-corrected chi connectivity index (χ3v) is 3.59. The van der Waals surface area contributed by atoms with Gasteiger partial charge in [-0.05, 0) is 30.7 Å². The molecule has 0 radical (unpaired) electrons. The van der Waals surface area contributed by atoms with Crippen molar-refractivity contribution in [3.05, 3.63) is 48.2 Å². The van der Waals surface area contributed by atoms with Crippen molar-refractivity contribution in [3.8, 4) is 17.0 Å². The van der Waals surface area contributed by atoms with Crippen molar-refractivity contribution in [2.24, 2.45) is 0 Å². The molecule has 24 heavy (non-hydrogen) atoms. The number of nitrogens with zero attached hydrogens (tertiary/aromatic N) is 1. The summed E-state index contributed by atoms with van der Waals surface area (Å²) < 4.78 is 32.1. The van der Waals surface area contributed by atoms with Gasteiger partial charge >= 0.3 is 5.97 Å². The second-order valence-electron chi connectivity index (χ2n) is 5.23. The van der Waals surface area contributed by atoms with E-state index in [-0.39, 0.29) is 12.6 Å². The number of ether oxygens (including phenoxy) is 1. The second kappa shape index (κ2) is 8.03. The maximum atomic E-state index is 11.6. The molecule has 0 aliphatic heterocycles. The number of benzene rings is 1. The number of pyridine rings is 1. The van der Waals surface area contributed by atoms with Crippen molar-refractivity contribution in [3.63, 3.8) is 0 Å². The van der Waals surface area contributed by atoms with Crippen molar-refractivity contribution >= 4 is 16.1 Å². The van der Waals surface area contributed by atoms with Crippen molar-refractivity contribution in [1.82, 2.24) is 4.98 Å². The maximum absolute atomic E-state index is 11.6. The first-order chi connectivity index (χ1) is 11.4. The minimum Gasteiger partial charge on any atom is -0.427 e. The van der Waals surface area contributed by atoms with Gasteiger partial charge in [-0.2, -0.15) is 8.42 Å². The average Bonchev–Trinajstić information content (AvgIpc) is 2.53. The summed E-state index contributed by atoms with van der Waals surface area (Å²) in [6.07, 6.45) is 2.08. The molecular weight excluding hydrogens is 330 g/mol. The highest BCUT2D eigenvalue weighted by Crippen LogP contribution is 2.23. The topological polar surface area (TPSA) is 82.6 Å². The Bertz CT molecular complexity index is 817. The van der Waals surface area contributed by atoms with E-state index in [4.69, 9.17) is 8.92 Å². The molecule has 0 spiro atoms. The lowest BCUT2D eigenvalue weighted by atomic mass is 10.1. The monoisotopic (exact) mass is 349 g/mol. The lowest BCUT2D eigenvalue weighted by Crippen LogP contribution is -2.06. The molecule has 1 aromatic heterocycles. The van der Waals surface area contributed by atoms with Crippen LogP contribution in [0.25, 0.3) is 11.3 Å². The van der Waals surface area contributed by atoms with E-state index in [1.807, 2.05) is 13.0 Å². The lowest BCUT2D eigenvalue weighted by Gasteiger charge is -2.07. The highest BCUT2D eigenvalue weighted by molar-refractivity contribution is 7.85. The summed E-state index contributed by atoms with van der Waals surface area (Å²) in [5, 5.41) is 0. The molecule has 128 valence electrons. The summed E-state index contributed by atoms with van der Waals surface area (Å²) in [7, 11) is -3.52. The molecule has 0 saturated heterocycles. The normalized spacial score (nSPS) is 11.2. The molecule has 7 heteroatoms. The predicted molar refractivity (Wildman–Crippen MR) is 89.8 cm³/mol. The quantitative estimate of drug-likeness (QED) is 0.434. The van der Waals surface area contributed by atoms with E-state index in [0.29, 0.717) is 23.6 Å². The Hall–Kier alpha value is -2.25. The van der Waals surface area contributed by atoms with Crippen LogP contribution in [-0.2, 0) is 25.7 Å². The Morgan fingerprint density at radius 1 is 1.17 bits per heavy atom. The molecule has 2 aromatic rings. The van der Waals surface area contributed by atoms with Crippen LogP contribution in [0, 0.1) is 0 Å². The number of carbonyl (C=O) groups is 1. The predicted octanol–water partition coefficient (Wildman–Crippen LogP) is 2.93. The van der Waals surface area contributed by atoms with Gasteiger partial charge in [0, 0.05) is 12.0 Å². The smallest absolute Gasteiger partial charge is 0.311 e. The number of rotatable bonds is 7. The largest absolute Gasteiger partial charge is 0.427 e. The Labute approximate surface area is 141 Å². The van der Waals surface area contributed by atoms with Crippen molar-refractivity contribution in [2.75, 3.05) is 6.26 Å². The van der Waals surface area contributed by atoms with Gasteiger partial charge < -0.3 is 4.74 Å². The highest BCUT2D eigenvalue weighted by Gasteiger charge is 2.08. The number of hydrogen-bond acceptors (Lipinski definition) is 6. The zero-order valence-electron chi connectivity index (χ0n) is 13.6. The van der Waals surface area contributed by atoms with Gasteiger partial charge in [-0.3, -0.25) is 14.0 Å². The highest BCUT2D eigenvalue weighted by atomic mass is 32.2. The molecule has 0 bridgehead atoms. The van der Waals surface area contributed by atoms with Gasteiger partial charge in [0.15, 0.2) is 0 Å². The fourth-order valence-electron chi connectivity index (χ4n) is 1.99. The van der Waals surface area contributed by atoms with Crippen LogP contribution in [0.2, 0.25) is 0 Å². The van der Waals surface area contributed by atoms with Crippen LogP contribution in [0.1, 0.15) is 25.5 Å². The summed E-state index contributed by atoms with van der Waals surface area (Å²) in [6, 6.07) is 12.3. The Balaban J connectivity index is 2.18. The van der Waals surface area contributed by atoms with Crippen molar-refractivity contribution in [2.45, 2.75) is 26.4 Å². The molecule has 6 nitrogen and oxygen atoms in total. The molecule has 0 saturated carbocycles. The van der Waals surface area contributed by atoms with Crippen LogP contribution < -0.4 is 4.74 Å². The van der Waals surface area contributed by atoms with Gasteiger partial charge in [0.05, 0.1) is 17.6 Å². The van der Waals surface area contributed by atoms with Gasteiger partial charge in [0.1, 0.15) is 12.4 Å². The van der Waals surface area contributed by atoms with Crippen molar-refractivity contribution < 1.29 is 22.1 Å². The molecule has 0 atom stereocenters. The zero-order chi connectivity index (χ0) is 17.6. The van der Waals surface area contributed by atoms with Crippen LogP contribution in [0.3, 0.4) is 0 Å². The molecule has 2 rings (SSSR count). The molecule has 0 unspecified atom stereocenters. The summed E-state index contributed by atoms with van der Waals surface area (Å²) in [6.45, 7) is 1.78. The third kappa shape index (κ3) is 5.75. The number of aromatic nitrogens is 1. The number of esters is 1. The Morgan fingerprint density at radius 3 is 2.62 bits per heavy atom. The summed E-state index contributed by atoms with van der Waals surface area (Å²) in [4.78, 5) is 16.0. The number of carbonyl (C=O) groups excluding carboxylic acids is 1. The van der Waals surface area contributed by atoms with E-state index in [9.17, 15) is 13.2 Å². The minimum atomic E-state index is -3.52. The summed E-state index contributed by atoms with van der Waals surface area (Å²) >= 11 is 0. The first-order valence-electron chi connectivity index (χ1n) is 7.49. The van der Waals surface area contributed by atoms with E-state index in [2.05, 4.69) is 4.98 Å². The third-order valence-electron chi connectivity index (χ3n) is 3.04. The molecular formula is C17H19NO5S. The molecule has 0 amide bonds. The standard InChI is InChI=1S/C17H19NO5S/c1-3-6-17(19)23-15-9-4-7-13(11-15)16-10-5-8-14(18-16)12-22-24(2,20)21/h4-5,7-11H,3,6,12H2,1-2H3.